The van der Waals surface area contributed by atoms with E-state index in [0.29, 0.717) is 12.8 Å². The Labute approximate surface area is 174 Å². The predicted molar refractivity (Wildman–Crippen MR) is 109 cm³/mol. The molecule has 0 aliphatic carbocycles. The number of carboxylic acid groups (broad SMARTS) is 1. The van der Waals surface area contributed by atoms with Gasteiger partial charge in [-0.25, -0.2) is 4.79 Å². The molecule has 29 heavy (non-hydrogen) atoms. The van der Waals surface area contributed by atoms with Gasteiger partial charge in [-0.2, -0.15) is 8.78 Å². The Balaban J connectivity index is 1.96. The highest BCUT2D eigenvalue weighted by Gasteiger charge is 2.52. The Morgan fingerprint density at radius 3 is 2.76 bits per heavy atom. The standard InChI is InChI=1S/C21H29F2NO4S/c1-3-4-6-14(2)17(25)10-8-15-13-21(22,23)20(28)24(15)12-5-7-16-9-11-18(29-16)19(26)27/h8-11,14-15,17,25H,3-7,12-13H2,1-2H3,(H,26,27)/t14-,15-,17+/m0/s1. The molecule has 3 atom stereocenters. The molecule has 2 heterocycles. The van der Waals surface area contributed by atoms with Crippen molar-refractivity contribution in [1.82, 2.24) is 4.90 Å². The molecule has 0 spiro atoms. The topological polar surface area (TPSA) is 77.8 Å². The summed E-state index contributed by atoms with van der Waals surface area (Å²) in [4.78, 5) is 25.3. The number of rotatable bonds is 11. The molecule has 0 aromatic carbocycles. The normalized spacial score (nSPS) is 21.1. The lowest BCUT2D eigenvalue weighted by atomic mass is 9.97. The van der Waals surface area contributed by atoms with Crippen LogP contribution in [-0.2, 0) is 11.2 Å². The Morgan fingerprint density at radius 2 is 2.14 bits per heavy atom. The van der Waals surface area contributed by atoms with Crippen LogP contribution < -0.4 is 0 Å². The average Bonchev–Trinajstić information content (AvgIpc) is 3.22. The van der Waals surface area contributed by atoms with Gasteiger partial charge >= 0.3 is 11.9 Å². The third-order valence-corrected chi connectivity index (χ3v) is 6.39. The molecule has 1 aromatic heterocycles. The molecular weight excluding hydrogens is 400 g/mol. The molecule has 1 aromatic rings. The molecule has 1 saturated heterocycles. The lowest BCUT2D eigenvalue weighted by Gasteiger charge is -2.22. The minimum Gasteiger partial charge on any atom is -0.477 e. The molecule has 0 bridgehead atoms. The molecule has 1 amide bonds. The number of alkyl halides is 2. The number of hydrogen-bond donors (Lipinski definition) is 2. The van der Waals surface area contributed by atoms with Crippen LogP contribution in [0.5, 0.6) is 0 Å². The first-order valence-electron chi connectivity index (χ1n) is 10.0. The number of aliphatic hydroxyl groups excluding tert-OH is 1. The molecule has 8 heteroatoms. The van der Waals surface area contributed by atoms with E-state index in [1.807, 2.05) is 6.92 Å². The van der Waals surface area contributed by atoms with E-state index in [0.717, 1.165) is 35.5 Å². The monoisotopic (exact) mass is 429 g/mol. The van der Waals surface area contributed by atoms with Gasteiger partial charge in [0.1, 0.15) is 4.88 Å². The number of halogens is 2. The van der Waals surface area contributed by atoms with Crippen molar-refractivity contribution in [2.24, 2.45) is 5.92 Å². The number of unbranched alkanes of at least 4 members (excludes halogenated alkanes) is 1. The van der Waals surface area contributed by atoms with Crippen LogP contribution in [0.25, 0.3) is 0 Å². The van der Waals surface area contributed by atoms with Crippen LogP contribution in [0.15, 0.2) is 24.3 Å². The number of carbonyl (C=O) groups is 2. The van der Waals surface area contributed by atoms with Gasteiger partial charge < -0.3 is 15.1 Å². The van der Waals surface area contributed by atoms with Gasteiger partial charge in [0.2, 0.25) is 0 Å². The highest BCUT2D eigenvalue weighted by Crippen LogP contribution is 2.34. The maximum atomic E-state index is 14.0. The van der Waals surface area contributed by atoms with Crippen molar-refractivity contribution in [3.05, 3.63) is 34.0 Å². The molecule has 162 valence electrons. The van der Waals surface area contributed by atoms with E-state index in [1.165, 1.54) is 23.1 Å². The van der Waals surface area contributed by atoms with Crippen molar-refractivity contribution in [2.45, 2.75) is 70.4 Å². The number of amides is 1. The first kappa shape index (κ1) is 23.5. The summed E-state index contributed by atoms with van der Waals surface area (Å²) in [6.45, 7) is 4.15. The second-order valence-corrected chi connectivity index (χ2v) is 8.81. The van der Waals surface area contributed by atoms with Gasteiger partial charge in [0, 0.05) is 17.8 Å². The Hall–Kier alpha value is -1.80. The number of aryl methyl sites for hydroxylation is 1. The Kier molecular flexibility index (Phi) is 8.34. The maximum Gasteiger partial charge on any atom is 0.345 e. The predicted octanol–water partition coefficient (Wildman–Crippen LogP) is 4.36. The van der Waals surface area contributed by atoms with Crippen molar-refractivity contribution in [2.75, 3.05) is 6.54 Å². The summed E-state index contributed by atoms with van der Waals surface area (Å²) in [7, 11) is 0. The first-order valence-corrected chi connectivity index (χ1v) is 10.8. The van der Waals surface area contributed by atoms with Crippen LogP contribution in [-0.4, -0.2) is 51.6 Å². The largest absolute Gasteiger partial charge is 0.477 e. The molecular formula is C21H29F2NO4S. The number of likely N-dealkylation sites (tertiary alicyclic amines) is 1. The van der Waals surface area contributed by atoms with Gasteiger partial charge in [-0.3, -0.25) is 4.79 Å². The van der Waals surface area contributed by atoms with Crippen LogP contribution >= 0.6 is 11.3 Å². The summed E-state index contributed by atoms with van der Waals surface area (Å²) in [6, 6.07) is 2.48. The summed E-state index contributed by atoms with van der Waals surface area (Å²) in [5.74, 6) is -5.54. The molecule has 5 nitrogen and oxygen atoms in total. The van der Waals surface area contributed by atoms with E-state index in [1.54, 1.807) is 6.07 Å². The van der Waals surface area contributed by atoms with Gasteiger partial charge in [0.15, 0.2) is 0 Å². The molecule has 1 aliphatic rings. The molecule has 0 unspecified atom stereocenters. The van der Waals surface area contributed by atoms with Crippen LogP contribution in [0.2, 0.25) is 0 Å². The number of nitrogens with zero attached hydrogens (tertiary/aromatic N) is 1. The highest BCUT2D eigenvalue weighted by atomic mass is 32.1. The van der Waals surface area contributed by atoms with Crippen molar-refractivity contribution in [3.63, 3.8) is 0 Å². The zero-order valence-electron chi connectivity index (χ0n) is 16.8. The third-order valence-electron chi connectivity index (χ3n) is 5.26. The highest BCUT2D eigenvalue weighted by molar-refractivity contribution is 7.13. The van der Waals surface area contributed by atoms with E-state index in [2.05, 4.69) is 6.92 Å². The van der Waals surface area contributed by atoms with E-state index in [4.69, 9.17) is 5.11 Å². The quantitative estimate of drug-likeness (QED) is 0.513. The molecule has 2 N–H and O–H groups in total. The van der Waals surface area contributed by atoms with E-state index >= 15 is 0 Å². The summed E-state index contributed by atoms with van der Waals surface area (Å²) >= 11 is 1.15. The zero-order valence-corrected chi connectivity index (χ0v) is 17.6. The second kappa shape index (κ2) is 10.3. The van der Waals surface area contributed by atoms with Gasteiger partial charge in [-0.15, -0.1) is 11.3 Å². The molecule has 1 aliphatic heterocycles. The third kappa shape index (κ3) is 6.34. The number of aromatic carboxylic acids is 1. The SMILES string of the molecule is CCCC[C@H](C)[C@H](O)C=C[C@H]1CC(F)(F)C(=O)N1CCCc1ccc(C(=O)O)s1. The summed E-state index contributed by atoms with van der Waals surface area (Å²) in [6.07, 6.45) is 5.59. The fourth-order valence-electron chi connectivity index (χ4n) is 3.44. The molecule has 2 rings (SSSR count). The second-order valence-electron chi connectivity index (χ2n) is 7.64. The molecule has 1 fully saturated rings. The van der Waals surface area contributed by atoms with Gasteiger partial charge in [-0.05, 0) is 37.3 Å². The fourth-order valence-corrected chi connectivity index (χ4v) is 4.33. The smallest absolute Gasteiger partial charge is 0.345 e. The number of carboxylic acids is 1. The number of hydrogen-bond acceptors (Lipinski definition) is 4. The minimum absolute atomic E-state index is 0.0273. The van der Waals surface area contributed by atoms with E-state index in [9.17, 15) is 23.5 Å². The summed E-state index contributed by atoms with van der Waals surface area (Å²) in [5.41, 5.74) is 0. The lowest BCUT2D eigenvalue weighted by Crippen LogP contribution is -2.36. The number of thiophene rings is 1. The minimum atomic E-state index is -3.40. The van der Waals surface area contributed by atoms with Gasteiger partial charge in [0.05, 0.1) is 12.1 Å². The molecule has 0 radical (unpaired) electrons. The average molecular weight is 430 g/mol. The Morgan fingerprint density at radius 1 is 1.41 bits per heavy atom. The number of aliphatic hydroxyl groups is 1. The molecule has 0 saturated carbocycles. The van der Waals surface area contributed by atoms with Crippen LogP contribution in [0, 0.1) is 5.92 Å². The summed E-state index contributed by atoms with van der Waals surface area (Å²) in [5, 5.41) is 19.2. The van der Waals surface area contributed by atoms with E-state index < -0.39 is 36.4 Å². The van der Waals surface area contributed by atoms with Crippen molar-refractivity contribution in [3.8, 4) is 0 Å². The van der Waals surface area contributed by atoms with Gasteiger partial charge in [0.25, 0.3) is 5.91 Å². The summed E-state index contributed by atoms with van der Waals surface area (Å²) < 4.78 is 28.0. The van der Waals surface area contributed by atoms with Crippen molar-refractivity contribution in [1.29, 1.82) is 0 Å². The fraction of sp³-hybridized carbons (Fsp3) is 0.619. The van der Waals surface area contributed by atoms with Crippen molar-refractivity contribution >= 4 is 23.2 Å². The first-order chi connectivity index (χ1) is 13.7. The van der Waals surface area contributed by atoms with Crippen molar-refractivity contribution < 1.29 is 28.6 Å². The zero-order chi connectivity index (χ0) is 21.6. The van der Waals surface area contributed by atoms with Crippen LogP contribution in [0.1, 0.15) is 60.5 Å². The lowest BCUT2D eigenvalue weighted by molar-refractivity contribution is -0.148. The number of carbonyl (C=O) groups excluding carboxylic acids is 1. The van der Waals surface area contributed by atoms with E-state index in [-0.39, 0.29) is 17.3 Å². The van der Waals surface area contributed by atoms with Crippen LogP contribution in [0.3, 0.4) is 0 Å². The van der Waals surface area contributed by atoms with Gasteiger partial charge in [-0.1, -0.05) is 38.8 Å². The Bertz CT molecular complexity index is 734. The maximum absolute atomic E-state index is 14.0. The van der Waals surface area contributed by atoms with Crippen LogP contribution in [0.4, 0.5) is 8.78 Å².